The fourth-order valence-electron chi connectivity index (χ4n) is 1.99. The van der Waals surface area contributed by atoms with Crippen molar-refractivity contribution in [3.8, 4) is 0 Å². The molecule has 0 amide bonds. The first-order valence-electron chi connectivity index (χ1n) is 6.37. The number of halogens is 2. The van der Waals surface area contributed by atoms with E-state index in [4.69, 9.17) is 11.6 Å². The summed E-state index contributed by atoms with van der Waals surface area (Å²) in [6.45, 7) is 5.34. The summed E-state index contributed by atoms with van der Waals surface area (Å²) < 4.78 is 1.09. The van der Waals surface area contributed by atoms with Crippen LogP contribution in [0.25, 0.3) is 0 Å². The van der Waals surface area contributed by atoms with Gasteiger partial charge in [-0.2, -0.15) is 0 Å². The Kier molecular flexibility index (Phi) is 7.17. The summed E-state index contributed by atoms with van der Waals surface area (Å²) in [6, 6.07) is 6.45. The molecule has 3 heteroatoms. The molecular formula is C14H21BrClN. The summed E-state index contributed by atoms with van der Waals surface area (Å²) in [5, 5.41) is 4.38. The third-order valence-corrected chi connectivity index (χ3v) is 3.72. The van der Waals surface area contributed by atoms with E-state index in [1.807, 2.05) is 12.1 Å². The third-order valence-electron chi connectivity index (χ3n) is 2.88. The van der Waals surface area contributed by atoms with Crippen LogP contribution < -0.4 is 5.32 Å². The Morgan fingerprint density at radius 2 is 2.06 bits per heavy atom. The Morgan fingerprint density at radius 3 is 2.71 bits per heavy atom. The predicted molar refractivity (Wildman–Crippen MR) is 79.7 cm³/mol. The summed E-state index contributed by atoms with van der Waals surface area (Å²) in [7, 11) is 0. The average molecular weight is 319 g/mol. The minimum Gasteiger partial charge on any atom is -0.310 e. The molecule has 96 valence electrons. The lowest BCUT2D eigenvalue weighted by Crippen LogP contribution is -2.21. The highest BCUT2D eigenvalue weighted by atomic mass is 79.9. The lowest BCUT2D eigenvalue weighted by atomic mass is 10.0. The largest absolute Gasteiger partial charge is 0.310 e. The van der Waals surface area contributed by atoms with Crippen LogP contribution in [0.2, 0.25) is 5.02 Å². The number of unbranched alkanes of at least 4 members (excludes halogenated alkanes) is 2. The van der Waals surface area contributed by atoms with E-state index >= 15 is 0 Å². The van der Waals surface area contributed by atoms with Crippen molar-refractivity contribution in [3.63, 3.8) is 0 Å². The average Bonchev–Trinajstić information content (AvgIpc) is 2.32. The van der Waals surface area contributed by atoms with E-state index in [-0.39, 0.29) is 0 Å². The first-order chi connectivity index (χ1) is 8.19. The Bertz CT molecular complexity index is 341. The fourth-order valence-corrected chi connectivity index (χ4v) is 2.62. The summed E-state index contributed by atoms with van der Waals surface area (Å²) in [6.07, 6.45) is 4.94. The molecule has 1 nitrogen and oxygen atoms in total. The smallest absolute Gasteiger partial charge is 0.0454 e. The van der Waals surface area contributed by atoms with Crippen LogP contribution in [-0.2, 0) is 0 Å². The van der Waals surface area contributed by atoms with E-state index in [2.05, 4.69) is 41.2 Å². The van der Waals surface area contributed by atoms with Crippen molar-refractivity contribution in [1.82, 2.24) is 5.32 Å². The molecule has 1 N–H and O–H groups in total. The zero-order chi connectivity index (χ0) is 12.7. The first-order valence-corrected chi connectivity index (χ1v) is 7.54. The van der Waals surface area contributed by atoms with Crippen molar-refractivity contribution in [1.29, 1.82) is 0 Å². The quantitative estimate of drug-likeness (QED) is 0.670. The highest BCUT2D eigenvalue weighted by molar-refractivity contribution is 9.10. The van der Waals surface area contributed by atoms with Crippen LogP contribution in [0.1, 0.15) is 51.1 Å². The van der Waals surface area contributed by atoms with E-state index in [1.165, 1.54) is 24.8 Å². The van der Waals surface area contributed by atoms with Crippen molar-refractivity contribution in [2.24, 2.45) is 0 Å². The van der Waals surface area contributed by atoms with Gasteiger partial charge in [-0.3, -0.25) is 0 Å². The van der Waals surface area contributed by atoms with Crippen molar-refractivity contribution >= 4 is 27.5 Å². The highest BCUT2D eigenvalue weighted by Crippen LogP contribution is 2.29. The Hall–Kier alpha value is -0.0500. The van der Waals surface area contributed by atoms with Crippen LogP contribution in [0.15, 0.2) is 22.7 Å². The molecule has 1 aromatic carbocycles. The number of hydrogen-bond acceptors (Lipinski definition) is 1. The summed E-state index contributed by atoms with van der Waals surface area (Å²) in [5.74, 6) is 0. The molecule has 0 spiro atoms. The van der Waals surface area contributed by atoms with Gasteiger partial charge < -0.3 is 5.32 Å². The molecule has 0 aliphatic rings. The second kappa shape index (κ2) is 8.12. The number of benzene rings is 1. The molecule has 1 unspecified atom stereocenters. The van der Waals surface area contributed by atoms with Crippen molar-refractivity contribution in [2.45, 2.75) is 45.6 Å². The maximum absolute atomic E-state index is 6.28. The second-order valence-corrected chi connectivity index (χ2v) is 5.59. The summed E-state index contributed by atoms with van der Waals surface area (Å²) in [5.41, 5.74) is 1.21. The van der Waals surface area contributed by atoms with Crippen LogP contribution in [0.3, 0.4) is 0 Å². The van der Waals surface area contributed by atoms with Gasteiger partial charge in [0.05, 0.1) is 0 Å². The number of rotatable bonds is 7. The molecule has 0 aliphatic heterocycles. The van der Waals surface area contributed by atoms with Crippen LogP contribution in [0.4, 0.5) is 0 Å². The minimum atomic E-state index is 0.372. The monoisotopic (exact) mass is 317 g/mol. The summed E-state index contributed by atoms with van der Waals surface area (Å²) >= 11 is 9.79. The van der Waals surface area contributed by atoms with Gasteiger partial charge in [-0.1, -0.05) is 60.6 Å². The molecule has 1 aromatic rings. The van der Waals surface area contributed by atoms with E-state index in [1.54, 1.807) is 0 Å². The van der Waals surface area contributed by atoms with Crippen LogP contribution >= 0.6 is 27.5 Å². The zero-order valence-corrected chi connectivity index (χ0v) is 12.9. The molecule has 0 aromatic heterocycles. The molecule has 1 rings (SSSR count). The van der Waals surface area contributed by atoms with Crippen LogP contribution in [0, 0.1) is 0 Å². The maximum atomic E-state index is 6.28. The first kappa shape index (κ1) is 15.0. The lowest BCUT2D eigenvalue weighted by molar-refractivity contribution is 0.486. The predicted octanol–water partition coefficient (Wildman–Crippen LogP) is 5.33. The Balaban J connectivity index is 2.77. The summed E-state index contributed by atoms with van der Waals surface area (Å²) in [4.78, 5) is 0. The Labute approximate surface area is 118 Å². The standard InChI is InChI=1S/C14H21BrClN/c1-3-5-6-7-14(17-4-2)12-10-11(15)8-9-13(12)16/h8-10,14,17H,3-7H2,1-2H3. The van der Waals surface area contributed by atoms with Gasteiger partial charge in [-0.05, 0) is 36.7 Å². The minimum absolute atomic E-state index is 0.372. The van der Waals surface area contributed by atoms with E-state index < -0.39 is 0 Å². The lowest BCUT2D eigenvalue weighted by Gasteiger charge is -2.19. The Morgan fingerprint density at radius 1 is 1.29 bits per heavy atom. The van der Waals surface area contributed by atoms with E-state index in [0.29, 0.717) is 6.04 Å². The van der Waals surface area contributed by atoms with Crippen LogP contribution in [0.5, 0.6) is 0 Å². The van der Waals surface area contributed by atoms with Gasteiger partial charge in [0.15, 0.2) is 0 Å². The third kappa shape index (κ3) is 4.99. The molecule has 0 fully saturated rings. The molecule has 0 radical (unpaired) electrons. The molecular weight excluding hydrogens is 298 g/mol. The molecule has 0 heterocycles. The molecule has 0 bridgehead atoms. The van der Waals surface area contributed by atoms with E-state index in [0.717, 1.165) is 22.5 Å². The second-order valence-electron chi connectivity index (χ2n) is 4.27. The topological polar surface area (TPSA) is 12.0 Å². The van der Waals surface area contributed by atoms with E-state index in [9.17, 15) is 0 Å². The fraction of sp³-hybridized carbons (Fsp3) is 0.571. The van der Waals surface area contributed by atoms with Gasteiger partial charge in [-0.15, -0.1) is 0 Å². The molecule has 0 saturated heterocycles. The highest BCUT2D eigenvalue weighted by Gasteiger charge is 2.13. The number of hydrogen-bond donors (Lipinski definition) is 1. The SMILES string of the molecule is CCCCCC(NCC)c1cc(Br)ccc1Cl. The number of nitrogens with one attached hydrogen (secondary N) is 1. The molecule has 1 atom stereocenters. The van der Waals surface area contributed by atoms with Crippen molar-refractivity contribution in [2.75, 3.05) is 6.54 Å². The molecule has 0 aliphatic carbocycles. The van der Waals surface area contributed by atoms with Gasteiger partial charge in [0.1, 0.15) is 0 Å². The maximum Gasteiger partial charge on any atom is 0.0454 e. The molecule has 0 saturated carbocycles. The zero-order valence-electron chi connectivity index (χ0n) is 10.6. The van der Waals surface area contributed by atoms with Gasteiger partial charge in [0.25, 0.3) is 0 Å². The van der Waals surface area contributed by atoms with Gasteiger partial charge >= 0.3 is 0 Å². The van der Waals surface area contributed by atoms with Crippen LogP contribution in [-0.4, -0.2) is 6.54 Å². The van der Waals surface area contributed by atoms with Crippen molar-refractivity contribution in [3.05, 3.63) is 33.3 Å². The normalized spacial score (nSPS) is 12.7. The van der Waals surface area contributed by atoms with Gasteiger partial charge in [-0.25, -0.2) is 0 Å². The van der Waals surface area contributed by atoms with Gasteiger partial charge in [0, 0.05) is 15.5 Å². The molecule has 17 heavy (non-hydrogen) atoms. The van der Waals surface area contributed by atoms with Gasteiger partial charge in [0.2, 0.25) is 0 Å². The van der Waals surface area contributed by atoms with Crippen molar-refractivity contribution < 1.29 is 0 Å².